The van der Waals surface area contributed by atoms with Gasteiger partial charge >= 0.3 is 0 Å². The lowest BCUT2D eigenvalue weighted by Crippen LogP contribution is -2.37. The summed E-state index contributed by atoms with van der Waals surface area (Å²) in [4.78, 5) is 29.7. The molecule has 0 radical (unpaired) electrons. The van der Waals surface area contributed by atoms with E-state index in [1.165, 1.54) is 4.90 Å². The molecular formula is C25H28N2O2S. The fourth-order valence-corrected chi connectivity index (χ4v) is 4.77. The summed E-state index contributed by atoms with van der Waals surface area (Å²) in [5.74, 6) is 0.209. The average molecular weight is 421 g/mol. The second kappa shape index (κ2) is 9.09. The Labute approximate surface area is 182 Å². The van der Waals surface area contributed by atoms with E-state index in [1.54, 1.807) is 11.8 Å². The SMILES string of the molecule is CCCCC(=O)N1c2ccccc2NC2=C(C(=O)CCC2)[C@H]1c1ccc(SC)cc1. The lowest BCUT2D eigenvalue weighted by molar-refractivity contribution is -0.119. The summed E-state index contributed by atoms with van der Waals surface area (Å²) in [6.07, 6.45) is 6.52. The van der Waals surface area contributed by atoms with Crippen molar-refractivity contribution in [3.05, 3.63) is 65.4 Å². The summed E-state index contributed by atoms with van der Waals surface area (Å²) in [5, 5.41) is 3.52. The van der Waals surface area contributed by atoms with Gasteiger partial charge < -0.3 is 5.32 Å². The summed E-state index contributed by atoms with van der Waals surface area (Å²) >= 11 is 1.69. The Kier molecular flexibility index (Phi) is 6.28. The van der Waals surface area contributed by atoms with Crippen molar-refractivity contribution in [3.8, 4) is 0 Å². The molecule has 0 saturated carbocycles. The first-order valence-electron chi connectivity index (χ1n) is 10.7. The first-order valence-corrected chi connectivity index (χ1v) is 11.9. The predicted molar refractivity (Wildman–Crippen MR) is 124 cm³/mol. The van der Waals surface area contributed by atoms with Gasteiger partial charge in [-0.05, 0) is 55.3 Å². The molecule has 1 amide bonds. The van der Waals surface area contributed by atoms with Crippen molar-refractivity contribution in [1.29, 1.82) is 0 Å². The third-order valence-electron chi connectivity index (χ3n) is 5.88. The topological polar surface area (TPSA) is 49.4 Å². The minimum Gasteiger partial charge on any atom is -0.357 e. The largest absolute Gasteiger partial charge is 0.357 e. The molecule has 0 spiro atoms. The number of rotatable bonds is 5. The van der Waals surface area contributed by atoms with Crippen LogP contribution in [0.5, 0.6) is 0 Å². The second-order valence-electron chi connectivity index (χ2n) is 7.85. The number of para-hydroxylation sites is 2. The van der Waals surface area contributed by atoms with E-state index in [-0.39, 0.29) is 11.7 Å². The Morgan fingerprint density at radius 1 is 1.13 bits per heavy atom. The quantitative estimate of drug-likeness (QED) is 0.593. The standard InChI is InChI=1S/C25H28N2O2S/c1-3-4-12-23(29)27-21-10-6-5-8-19(21)26-20-9-7-11-22(28)24(20)25(27)17-13-15-18(30-2)16-14-17/h5-6,8,10,13-16,25-26H,3-4,7,9,11-12H2,1-2H3/t25-/m1/s1. The molecule has 30 heavy (non-hydrogen) atoms. The maximum absolute atomic E-state index is 13.5. The summed E-state index contributed by atoms with van der Waals surface area (Å²) < 4.78 is 0. The average Bonchev–Trinajstić information content (AvgIpc) is 2.92. The third-order valence-corrected chi connectivity index (χ3v) is 6.62. The van der Waals surface area contributed by atoms with Crippen molar-refractivity contribution >= 4 is 34.8 Å². The number of nitrogens with zero attached hydrogens (tertiary/aromatic N) is 1. The number of benzene rings is 2. The van der Waals surface area contributed by atoms with Crippen molar-refractivity contribution in [2.24, 2.45) is 0 Å². The van der Waals surface area contributed by atoms with E-state index >= 15 is 0 Å². The molecule has 1 atom stereocenters. The van der Waals surface area contributed by atoms with Crippen LogP contribution in [0.3, 0.4) is 0 Å². The molecule has 1 heterocycles. The van der Waals surface area contributed by atoms with Crippen LogP contribution in [0.1, 0.15) is 57.1 Å². The van der Waals surface area contributed by atoms with Crippen molar-refractivity contribution < 1.29 is 9.59 Å². The number of unbranched alkanes of at least 4 members (excludes halogenated alkanes) is 1. The molecule has 2 aromatic carbocycles. The predicted octanol–water partition coefficient (Wildman–Crippen LogP) is 6.11. The summed E-state index contributed by atoms with van der Waals surface area (Å²) in [6, 6.07) is 15.8. The maximum atomic E-state index is 13.5. The summed E-state index contributed by atoms with van der Waals surface area (Å²) in [7, 11) is 0. The highest BCUT2D eigenvalue weighted by Gasteiger charge is 2.39. The van der Waals surface area contributed by atoms with E-state index < -0.39 is 6.04 Å². The lowest BCUT2D eigenvalue weighted by atomic mass is 9.85. The van der Waals surface area contributed by atoms with Gasteiger partial charge in [-0.1, -0.05) is 37.6 Å². The Morgan fingerprint density at radius 2 is 1.90 bits per heavy atom. The molecule has 1 aliphatic heterocycles. The molecule has 0 bridgehead atoms. The molecule has 4 nitrogen and oxygen atoms in total. The van der Waals surface area contributed by atoms with Gasteiger partial charge in [0.05, 0.1) is 17.4 Å². The molecule has 2 aromatic rings. The highest BCUT2D eigenvalue weighted by Crippen LogP contribution is 2.45. The van der Waals surface area contributed by atoms with Gasteiger partial charge in [-0.15, -0.1) is 11.8 Å². The number of nitrogens with one attached hydrogen (secondary N) is 1. The number of amides is 1. The van der Waals surface area contributed by atoms with Gasteiger partial charge in [0.1, 0.15) is 0 Å². The Balaban J connectivity index is 1.92. The second-order valence-corrected chi connectivity index (χ2v) is 8.73. The first-order chi connectivity index (χ1) is 14.6. The van der Waals surface area contributed by atoms with Gasteiger partial charge in [0.25, 0.3) is 0 Å². The summed E-state index contributed by atoms with van der Waals surface area (Å²) in [6.45, 7) is 2.09. The zero-order valence-corrected chi connectivity index (χ0v) is 18.4. The lowest BCUT2D eigenvalue weighted by Gasteiger charge is -2.34. The first kappa shape index (κ1) is 20.7. The van der Waals surface area contributed by atoms with E-state index in [1.807, 2.05) is 35.4 Å². The minimum atomic E-state index is -0.399. The monoisotopic (exact) mass is 420 g/mol. The van der Waals surface area contributed by atoms with Crippen molar-refractivity contribution in [3.63, 3.8) is 0 Å². The number of hydrogen-bond donors (Lipinski definition) is 1. The number of carbonyl (C=O) groups excluding carboxylic acids is 2. The number of ketones is 1. The van der Waals surface area contributed by atoms with Crippen LogP contribution in [0.2, 0.25) is 0 Å². The molecule has 1 aliphatic carbocycles. The van der Waals surface area contributed by atoms with Crippen molar-refractivity contribution in [2.75, 3.05) is 16.5 Å². The van der Waals surface area contributed by atoms with Crippen molar-refractivity contribution in [1.82, 2.24) is 0 Å². The maximum Gasteiger partial charge on any atom is 0.227 e. The van der Waals surface area contributed by atoms with Crippen LogP contribution >= 0.6 is 11.8 Å². The van der Waals surface area contributed by atoms with Gasteiger partial charge in [0.15, 0.2) is 5.78 Å². The molecule has 0 unspecified atom stereocenters. The van der Waals surface area contributed by atoms with E-state index in [0.717, 1.165) is 53.9 Å². The molecule has 0 fully saturated rings. The number of hydrogen-bond acceptors (Lipinski definition) is 4. The number of fused-ring (bicyclic) bond motifs is 1. The van der Waals surface area contributed by atoms with E-state index in [9.17, 15) is 9.59 Å². The Hall–Kier alpha value is -2.53. The van der Waals surface area contributed by atoms with Crippen LogP contribution in [-0.2, 0) is 9.59 Å². The smallest absolute Gasteiger partial charge is 0.227 e. The molecule has 5 heteroatoms. The van der Waals surface area contributed by atoms with Gasteiger partial charge in [0.2, 0.25) is 5.91 Å². The summed E-state index contributed by atoms with van der Waals surface area (Å²) in [5.41, 5.74) is 4.44. The van der Waals surface area contributed by atoms with Crippen LogP contribution < -0.4 is 10.2 Å². The number of allylic oxidation sites excluding steroid dienone is 1. The van der Waals surface area contributed by atoms with Gasteiger partial charge in [-0.25, -0.2) is 0 Å². The molecule has 4 rings (SSSR count). The molecule has 156 valence electrons. The van der Waals surface area contributed by atoms with Crippen LogP contribution in [0.25, 0.3) is 0 Å². The zero-order chi connectivity index (χ0) is 21.1. The molecule has 2 aliphatic rings. The van der Waals surface area contributed by atoms with Gasteiger partial charge in [-0.2, -0.15) is 0 Å². The van der Waals surface area contributed by atoms with Crippen LogP contribution in [0.4, 0.5) is 11.4 Å². The number of thioether (sulfide) groups is 1. The highest BCUT2D eigenvalue weighted by atomic mass is 32.2. The van der Waals surface area contributed by atoms with Crippen LogP contribution in [-0.4, -0.2) is 17.9 Å². The number of carbonyl (C=O) groups is 2. The van der Waals surface area contributed by atoms with Crippen LogP contribution in [0.15, 0.2) is 64.7 Å². The molecule has 0 aromatic heterocycles. The molecule has 0 saturated heterocycles. The fraction of sp³-hybridized carbons (Fsp3) is 0.360. The van der Waals surface area contributed by atoms with Gasteiger partial charge in [0, 0.05) is 29.0 Å². The molecular weight excluding hydrogens is 392 g/mol. The minimum absolute atomic E-state index is 0.0668. The van der Waals surface area contributed by atoms with Crippen molar-refractivity contribution in [2.45, 2.75) is 56.4 Å². The molecule has 1 N–H and O–H groups in total. The fourth-order valence-electron chi connectivity index (χ4n) is 4.36. The van der Waals surface area contributed by atoms with Gasteiger partial charge in [-0.3, -0.25) is 14.5 Å². The Bertz CT molecular complexity index is 981. The highest BCUT2D eigenvalue weighted by molar-refractivity contribution is 7.98. The van der Waals surface area contributed by atoms with E-state index in [4.69, 9.17) is 0 Å². The van der Waals surface area contributed by atoms with E-state index in [0.29, 0.717) is 12.8 Å². The number of Topliss-reactive ketones (excluding diaryl/α,β-unsaturated/α-hetero) is 1. The number of anilines is 2. The van der Waals surface area contributed by atoms with E-state index in [2.05, 4.69) is 36.5 Å². The zero-order valence-electron chi connectivity index (χ0n) is 17.6. The van der Waals surface area contributed by atoms with Crippen LogP contribution in [0, 0.1) is 0 Å². The Morgan fingerprint density at radius 3 is 2.63 bits per heavy atom. The third kappa shape index (κ3) is 3.91. The normalized spacial score (nSPS) is 18.4.